The molecule has 1 amide bonds. The van der Waals surface area contributed by atoms with Crippen LogP contribution in [-0.2, 0) is 16.0 Å². The van der Waals surface area contributed by atoms with Crippen LogP contribution >= 0.6 is 0 Å². The maximum absolute atomic E-state index is 12.5. The molecule has 0 saturated carbocycles. The van der Waals surface area contributed by atoms with Crippen LogP contribution in [0.4, 0.5) is 5.69 Å². The van der Waals surface area contributed by atoms with Gasteiger partial charge in [-0.25, -0.2) is 4.79 Å². The van der Waals surface area contributed by atoms with Crippen LogP contribution in [-0.4, -0.2) is 32.7 Å². The number of carbonyl (C=O) groups excluding carboxylic acids is 2. The van der Waals surface area contributed by atoms with Crippen LogP contribution in [0.5, 0.6) is 11.5 Å². The van der Waals surface area contributed by atoms with E-state index in [9.17, 15) is 9.59 Å². The molecule has 2 rings (SSSR count). The van der Waals surface area contributed by atoms with Crippen molar-refractivity contribution in [3.8, 4) is 11.5 Å². The number of nitrogens with one attached hydrogen (secondary N) is 1. The third-order valence-electron chi connectivity index (χ3n) is 4.10. The number of amides is 1. The van der Waals surface area contributed by atoms with Gasteiger partial charge in [0.1, 0.15) is 0 Å². The Morgan fingerprint density at radius 2 is 1.67 bits per heavy atom. The van der Waals surface area contributed by atoms with Crippen molar-refractivity contribution < 1.29 is 23.8 Å². The first-order chi connectivity index (χ1) is 13.0. The van der Waals surface area contributed by atoms with Crippen LogP contribution in [0.1, 0.15) is 29.8 Å². The molecule has 0 aliphatic heterocycles. The highest BCUT2D eigenvalue weighted by atomic mass is 16.5. The molecule has 0 fully saturated rings. The van der Waals surface area contributed by atoms with Crippen LogP contribution in [0.15, 0.2) is 42.5 Å². The summed E-state index contributed by atoms with van der Waals surface area (Å²) in [6, 6.07) is 12.3. The van der Waals surface area contributed by atoms with E-state index < -0.39 is 0 Å². The molecule has 1 unspecified atom stereocenters. The molecule has 2 aromatic rings. The Morgan fingerprint density at radius 3 is 2.26 bits per heavy atom. The Kier molecular flexibility index (Phi) is 7.23. The van der Waals surface area contributed by atoms with Gasteiger partial charge in [-0.1, -0.05) is 13.0 Å². The molecule has 144 valence electrons. The van der Waals surface area contributed by atoms with Crippen LogP contribution in [0.2, 0.25) is 0 Å². The zero-order valence-corrected chi connectivity index (χ0v) is 16.1. The molecule has 27 heavy (non-hydrogen) atoms. The summed E-state index contributed by atoms with van der Waals surface area (Å²) in [7, 11) is 3.17. The van der Waals surface area contributed by atoms with Crippen molar-refractivity contribution >= 4 is 17.6 Å². The monoisotopic (exact) mass is 371 g/mol. The third kappa shape index (κ3) is 5.48. The van der Waals surface area contributed by atoms with Crippen LogP contribution < -0.4 is 14.8 Å². The fourth-order valence-electron chi connectivity index (χ4n) is 2.62. The van der Waals surface area contributed by atoms with Gasteiger partial charge in [0.25, 0.3) is 0 Å². The molecule has 2 aromatic carbocycles. The predicted molar refractivity (Wildman–Crippen MR) is 103 cm³/mol. The summed E-state index contributed by atoms with van der Waals surface area (Å²) in [4.78, 5) is 24.1. The average molecular weight is 371 g/mol. The number of carbonyl (C=O) groups is 2. The van der Waals surface area contributed by atoms with Gasteiger partial charge in [0.2, 0.25) is 5.91 Å². The standard InChI is InChI=1S/C21H25NO5/c1-5-27-21(24)16-7-9-17(10-8-16)22-20(23)14(2)12-15-6-11-18(25-3)19(13-15)26-4/h6-11,13-14H,5,12H2,1-4H3,(H,22,23). The van der Waals surface area contributed by atoms with Crippen molar-refractivity contribution in [2.75, 3.05) is 26.1 Å². The highest BCUT2D eigenvalue weighted by molar-refractivity contribution is 5.94. The fraction of sp³-hybridized carbons (Fsp3) is 0.333. The molecule has 1 N–H and O–H groups in total. The minimum absolute atomic E-state index is 0.103. The van der Waals surface area contributed by atoms with Crippen molar-refractivity contribution in [2.24, 2.45) is 5.92 Å². The van der Waals surface area contributed by atoms with Gasteiger partial charge in [-0.05, 0) is 55.3 Å². The van der Waals surface area contributed by atoms with Crippen molar-refractivity contribution in [1.29, 1.82) is 0 Å². The quantitative estimate of drug-likeness (QED) is 0.716. The SMILES string of the molecule is CCOC(=O)c1ccc(NC(=O)C(C)Cc2ccc(OC)c(OC)c2)cc1. The molecule has 0 spiro atoms. The Balaban J connectivity index is 1.98. The lowest BCUT2D eigenvalue weighted by molar-refractivity contribution is -0.119. The number of benzene rings is 2. The second-order valence-electron chi connectivity index (χ2n) is 6.08. The van der Waals surface area contributed by atoms with E-state index in [-0.39, 0.29) is 17.8 Å². The number of rotatable bonds is 8. The smallest absolute Gasteiger partial charge is 0.338 e. The number of anilines is 1. The van der Waals surface area contributed by atoms with E-state index in [0.717, 1.165) is 5.56 Å². The first kappa shape index (κ1) is 20.3. The van der Waals surface area contributed by atoms with E-state index >= 15 is 0 Å². The Morgan fingerprint density at radius 1 is 1.00 bits per heavy atom. The Hall–Kier alpha value is -3.02. The Bertz CT molecular complexity index is 786. The number of esters is 1. The molecule has 6 heteroatoms. The van der Waals surface area contributed by atoms with Crippen molar-refractivity contribution in [3.05, 3.63) is 53.6 Å². The lowest BCUT2D eigenvalue weighted by Crippen LogP contribution is -2.22. The van der Waals surface area contributed by atoms with Gasteiger partial charge in [0.15, 0.2) is 11.5 Å². The van der Waals surface area contributed by atoms with E-state index in [2.05, 4.69) is 5.32 Å². The summed E-state index contributed by atoms with van der Waals surface area (Å²) < 4.78 is 15.5. The van der Waals surface area contributed by atoms with Gasteiger partial charge in [-0.15, -0.1) is 0 Å². The van der Waals surface area contributed by atoms with Crippen molar-refractivity contribution in [1.82, 2.24) is 0 Å². The zero-order chi connectivity index (χ0) is 19.8. The third-order valence-corrected chi connectivity index (χ3v) is 4.10. The topological polar surface area (TPSA) is 73.9 Å². The highest BCUT2D eigenvalue weighted by Gasteiger charge is 2.16. The normalized spacial score (nSPS) is 11.4. The molecule has 0 heterocycles. The Labute approximate surface area is 159 Å². The van der Waals surface area contributed by atoms with E-state index in [0.29, 0.717) is 35.8 Å². The first-order valence-corrected chi connectivity index (χ1v) is 8.77. The molecule has 0 radical (unpaired) electrons. The summed E-state index contributed by atoms with van der Waals surface area (Å²) >= 11 is 0. The number of methoxy groups -OCH3 is 2. The number of hydrogen-bond acceptors (Lipinski definition) is 5. The van der Waals surface area contributed by atoms with Gasteiger partial charge >= 0.3 is 5.97 Å². The summed E-state index contributed by atoms with van der Waals surface area (Å²) in [5, 5.41) is 2.86. The van der Waals surface area contributed by atoms with E-state index in [1.165, 1.54) is 0 Å². The van der Waals surface area contributed by atoms with E-state index in [4.69, 9.17) is 14.2 Å². The molecule has 6 nitrogen and oxygen atoms in total. The molecule has 0 aliphatic rings. The lowest BCUT2D eigenvalue weighted by atomic mass is 10.00. The molecule has 0 saturated heterocycles. The molecular formula is C21H25NO5. The van der Waals surface area contributed by atoms with Crippen molar-refractivity contribution in [2.45, 2.75) is 20.3 Å². The summed E-state index contributed by atoms with van der Waals surface area (Å²) in [6.45, 7) is 3.94. The zero-order valence-electron chi connectivity index (χ0n) is 16.1. The number of hydrogen-bond donors (Lipinski definition) is 1. The van der Waals surface area contributed by atoms with E-state index in [1.54, 1.807) is 45.4 Å². The molecule has 0 aliphatic carbocycles. The molecular weight excluding hydrogens is 346 g/mol. The summed E-state index contributed by atoms with van der Waals surface area (Å²) in [5.74, 6) is 0.566. The molecule has 0 aromatic heterocycles. The van der Waals surface area contributed by atoms with Crippen molar-refractivity contribution in [3.63, 3.8) is 0 Å². The number of ether oxygens (including phenoxy) is 3. The van der Waals surface area contributed by atoms with Crippen LogP contribution in [0, 0.1) is 5.92 Å². The maximum Gasteiger partial charge on any atom is 0.338 e. The van der Waals surface area contributed by atoms with Crippen LogP contribution in [0.25, 0.3) is 0 Å². The molecule has 1 atom stereocenters. The van der Waals surface area contributed by atoms with Gasteiger partial charge in [-0.3, -0.25) is 4.79 Å². The fourth-order valence-corrected chi connectivity index (χ4v) is 2.62. The lowest BCUT2D eigenvalue weighted by Gasteiger charge is -2.14. The highest BCUT2D eigenvalue weighted by Crippen LogP contribution is 2.28. The second kappa shape index (κ2) is 9.62. The van der Waals surface area contributed by atoms with Gasteiger partial charge in [0.05, 0.1) is 26.4 Å². The molecule has 0 bridgehead atoms. The van der Waals surface area contributed by atoms with Crippen LogP contribution in [0.3, 0.4) is 0 Å². The minimum atomic E-state index is -0.378. The average Bonchev–Trinajstić information content (AvgIpc) is 2.68. The second-order valence-corrected chi connectivity index (χ2v) is 6.08. The van der Waals surface area contributed by atoms with E-state index in [1.807, 2.05) is 25.1 Å². The first-order valence-electron chi connectivity index (χ1n) is 8.77. The summed E-state index contributed by atoms with van der Waals surface area (Å²) in [6.07, 6.45) is 0.563. The van der Waals surface area contributed by atoms with Gasteiger partial charge in [0, 0.05) is 11.6 Å². The minimum Gasteiger partial charge on any atom is -0.493 e. The largest absolute Gasteiger partial charge is 0.493 e. The summed E-state index contributed by atoms with van der Waals surface area (Å²) in [5.41, 5.74) is 2.06. The predicted octanol–water partition coefficient (Wildman–Crippen LogP) is 3.70. The van der Waals surface area contributed by atoms with Gasteiger partial charge < -0.3 is 19.5 Å². The maximum atomic E-state index is 12.5. The van der Waals surface area contributed by atoms with Gasteiger partial charge in [-0.2, -0.15) is 0 Å².